The van der Waals surface area contributed by atoms with Gasteiger partial charge in [0.05, 0.1) is 12.6 Å². The fourth-order valence-electron chi connectivity index (χ4n) is 2.00. The number of likely N-dealkylation sites (N-methyl/N-ethyl adjacent to an activating group) is 1. The summed E-state index contributed by atoms with van der Waals surface area (Å²) in [5.74, 6) is 5.49. The first-order valence-corrected chi connectivity index (χ1v) is 6.28. The highest BCUT2D eigenvalue weighted by molar-refractivity contribution is 5.77. The summed E-state index contributed by atoms with van der Waals surface area (Å²) in [5, 5.41) is 0. The molecule has 0 radical (unpaired) electrons. The van der Waals surface area contributed by atoms with Crippen molar-refractivity contribution in [2.24, 2.45) is 16.6 Å². The molecule has 0 aliphatic heterocycles. The number of rotatable bonds is 6. The fraction of sp³-hybridized carbons (Fsp3) is 0.462. The number of hydrogen-bond acceptors (Lipinski definition) is 3. The second-order valence-electron chi connectivity index (χ2n) is 4.02. The van der Waals surface area contributed by atoms with E-state index in [4.69, 9.17) is 11.6 Å². The van der Waals surface area contributed by atoms with Crippen molar-refractivity contribution >= 4 is 5.96 Å². The second-order valence-corrected chi connectivity index (χ2v) is 4.02. The molecule has 0 aliphatic carbocycles. The molecule has 1 aromatic carbocycles. The lowest BCUT2D eigenvalue weighted by atomic mass is 10.1. The molecule has 0 amide bonds. The molecule has 0 aliphatic rings. The molecule has 0 bridgehead atoms. The Morgan fingerprint density at radius 3 is 2.39 bits per heavy atom. The number of benzene rings is 1. The van der Waals surface area contributed by atoms with Crippen LogP contribution < -0.4 is 17.0 Å². The zero-order chi connectivity index (χ0) is 13.4. The van der Waals surface area contributed by atoms with E-state index in [1.54, 1.807) is 0 Å². The van der Waals surface area contributed by atoms with E-state index in [9.17, 15) is 0 Å². The Balaban J connectivity index is 2.88. The number of nitrogens with one attached hydrogen (secondary N) is 1. The molecule has 5 heteroatoms. The number of hydrogen-bond donors (Lipinski definition) is 3. The van der Waals surface area contributed by atoms with Gasteiger partial charge >= 0.3 is 0 Å². The van der Waals surface area contributed by atoms with Crippen molar-refractivity contribution in [2.45, 2.75) is 19.9 Å². The van der Waals surface area contributed by atoms with Crippen molar-refractivity contribution in [1.82, 2.24) is 10.3 Å². The fourth-order valence-corrected chi connectivity index (χ4v) is 2.00. The van der Waals surface area contributed by atoms with E-state index in [1.165, 1.54) is 5.56 Å². The number of nitrogens with zero attached hydrogens (tertiary/aromatic N) is 2. The minimum atomic E-state index is 0.230. The van der Waals surface area contributed by atoms with E-state index in [-0.39, 0.29) is 12.0 Å². The van der Waals surface area contributed by atoms with E-state index in [1.807, 2.05) is 18.2 Å². The average molecular weight is 249 g/mol. The Kier molecular flexibility index (Phi) is 6.18. The predicted octanol–water partition coefficient (Wildman–Crippen LogP) is 0.848. The molecule has 5 nitrogen and oxygen atoms in total. The predicted molar refractivity (Wildman–Crippen MR) is 75.9 cm³/mol. The maximum Gasteiger partial charge on any atom is 0.203 e. The summed E-state index contributed by atoms with van der Waals surface area (Å²) in [4.78, 5) is 6.60. The van der Waals surface area contributed by atoms with Gasteiger partial charge in [0.25, 0.3) is 0 Å². The first-order chi connectivity index (χ1) is 8.72. The molecule has 5 N–H and O–H groups in total. The normalized spacial score (nSPS) is 13.7. The molecule has 0 saturated carbocycles. The van der Waals surface area contributed by atoms with Crippen LogP contribution in [0, 0.1) is 0 Å². The van der Waals surface area contributed by atoms with Gasteiger partial charge in [-0.05, 0) is 18.7 Å². The van der Waals surface area contributed by atoms with Gasteiger partial charge in [-0.3, -0.25) is 15.3 Å². The van der Waals surface area contributed by atoms with E-state index < -0.39 is 0 Å². The lowest BCUT2D eigenvalue weighted by molar-refractivity contribution is 0.224. The number of nitrogens with two attached hydrogens (primary N) is 2. The Hall–Kier alpha value is -1.59. The molecule has 0 saturated heterocycles. The Morgan fingerprint density at radius 1 is 1.28 bits per heavy atom. The Morgan fingerprint density at radius 2 is 1.89 bits per heavy atom. The molecule has 0 aromatic heterocycles. The van der Waals surface area contributed by atoms with E-state index in [0.29, 0.717) is 6.54 Å². The molecule has 100 valence electrons. The largest absolute Gasteiger partial charge is 0.369 e. The highest BCUT2D eigenvalue weighted by Gasteiger charge is 2.17. The topological polar surface area (TPSA) is 79.7 Å². The third-order valence-electron chi connectivity index (χ3n) is 3.02. The molecule has 0 heterocycles. The molecule has 18 heavy (non-hydrogen) atoms. The van der Waals surface area contributed by atoms with Gasteiger partial charge < -0.3 is 5.73 Å². The van der Waals surface area contributed by atoms with Crippen LogP contribution in [0.15, 0.2) is 35.3 Å². The van der Waals surface area contributed by atoms with Crippen LogP contribution in [-0.4, -0.2) is 30.5 Å². The van der Waals surface area contributed by atoms with Crippen molar-refractivity contribution in [2.75, 3.05) is 19.6 Å². The van der Waals surface area contributed by atoms with Crippen LogP contribution in [0.25, 0.3) is 0 Å². The van der Waals surface area contributed by atoms with Gasteiger partial charge in [0.1, 0.15) is 0 Å². The van der Waals surface area contributed by atoms with Crippen LogP contribution in [0.2, 0.25) is 0 Å². The maximum atomic E-state index is 5.58. The van der Waals surface area contributed by atoms with Crippen LogP contribution in [0.4, 0.5) is 0 Å². The molecule has 1 unspecified atom stereocenters. The minimum Gasteiger partial charge on any atom is -0.369 e. The van der Waals surface area contributed by atoms with Crippen molar-refractivity contribution < 1.29 is 0 Å². The van der Waals surface area contributed by atoms with Crippen LogP contribution in [0.1, 0.15) is 25.5 Å². The highest BCUT2D eigenvalue weighted by Crippen LogP contribution is 2.20. The van der Waals surface area contributed by atoms with Gasteiger partial charge in [0.2, 0.25) is 5.96 Å². The van der Waals surface area contributed by atoms with Crippen LogP contribution in [0.3, 0.4) is 0 Å². The summed E-state index contributed by atoms with van der Waals surface area (Å²) in [6.45, 7) is 6.84. The summed E-state index contributed by atoms with van der Waals surface area (Å²) in [5.41, 5.74) is 9.18. The lowest BCUT2D eigenvalue weighted by Crippen LogP contribution is -2.38. The summed E-state index contributed by atoms with van der Waals surface area (Å²) in [6.07, 6.45) is 0. The van der Waals surface area contributed by atoms with E-state index in [2.05, 4.69) is 41.3 Å². The van der Waals surface area contributed by atoms with Gasteiger partial charge in [-0.2, -0.15) is 0 Å². The number of hydrazine groups is 1. The first kappa shape index (κ1) is 14.5. The molecule has 0 fully saturated rings. The van der Waals surface area contributed by atoms with E-state index >= 15 is 0 Å². The summed E-state index contributed by atoms with van der Waals surface area (Å²) in [7, 11) is 0. The lowest BCUT2D eigenvalue weighted by Gasteiger charge is -2.28. The quantitative estimate of drug-likeness (QED) is 0.302. The van der Waals surface area contributed by atoms with Crippen molar-refractivity contribution in [3.8, 4) is 0 Å². The minimum absolute atomic E-state index is 0.230. The third kappa shape index (κ3) is 4.01. The molecule has 1 atom stereocenters. The van der Waals surface area contributed by atoms with Crippen LogP contribution >= 0.6 is 0 Å². The molecular formula is C13H23N5. The van der Waals surface area contributed by atoms with Gasteiger partial charge in [-0.25, -0.2) is 5.84 Å². The standard InChI is InChI=1S/C13H23N5/c1-3-18(4-2)12(10-16-13(14)17-15)11-8-6-5-7-9-11/h5-9,12H,3-4,10,15H2,1-2H3,(H3,14,16,17). The van der Waals surface area contributed by atoms with Crippen molar-refractivity contribution in [3.63, 3.8) is 0 Å². The van der Waals surface area contributed by atoms with Gasteiger partial charge in [-0.1, -0.05) is 44.2 Å². The second kappa shape index (κ2) is 7.68. The zero-order valence-corrected chi connectivity index (χ0v) is 11.1. The molecular weight excluding hydrogens is 226 g/mol. The van der Waals surface area contributed by atoms with Crippen molar-refractivity contribution in [1.29, 1.82) is 0 Å². The SMILES string of the molecule is CCN(CC)C(CN=C(N)NN)c1ccccc1. The third-order valence-corrected chi connectivity index (χ3v) is 3.02. The maximum absolute atomic E-state index is 5.58. The van der Waals surface area contributed by atoms with E-state index in [0.717, 1.165) is 13.1 Å². The molecule has 1 aromatic rings. The zero-order valence-electron chi connectivity index (χ0n) is 11.1. The highest BCUT2D eigenvalue weighted by atomic mass is 15.3. The number of guanidine groups is 1. The molecule has 0 spiro atoms. The van der Waals surface area contributed by atoms with Gasteiger partial charge in [-0.15, -0.1) is 0 Å². The van der Waals surface area contributed by atoms with Gasteiger partial charge in [0.15, 0.2) is 0 Å². The smallest absolute Gasteiger partial charge is 0.203 e. The number of aliphatic imine (C=N–C) groups is 1. The molecule has 1 rings (SSSR count). The first-order valence-electron chi connectivity index (χ1n) is 6.28. The monoisotopic (exact) mass is 249 g/mol. The van der Waals surface area contributed by atoms with Crippen LogP contribution in [-0.2, 0) is 0 Å². The summed E-state index contributed by atoms with van der Waals surface area (Å²) in [6, 6.07) is 10.6. The van der Waals surface area contributed by atoms with Crippen molar-refractivity contribution in [3.05, 3.63) is 35.9 Å². The average Bonchev–Trinajstić information content (AvgIpc) is 2.44. The Bertz CT molecular complexity index is 359. The summed E-state index contributed by atoms with van der Waals surface area (Å²) >= 11 is 0. The van der Waals surface area contributed by atoms with Crippen LogP contribution in [0.5, 0.6) is 0 Å². The summed E-state index contributed by atoms with van der Waals surface area (Å²) < 4.78 is 0. The van der Waals surface area contributed by atoms with Gasteiger partial charge in [0, 0.05) is 0 Å². The Labute approximate surface area is 109 Å².